The maximum absolute atomic E-state index is 11.2. The van der Waals surface area contributed by atoms with Crippen LogP contribution in [0.4, 0.5) is 0 Å². The first-order valence-corrected chi connectivity index (χ1v) is 5.65. The van der Waals surface area contributed by atoms with Gasteiger partial charge in [-0.05, 0) is 5.92 Å². The van der Waals surface area contributed by atoms with Crippen molar-refractivity contribution in [2.24, 2.45) is 5.92 Å². The van der Waals surface area contributed by atoms with E-state index in [2.05, 4.69) is 28.6 Å². The molecule has 0 N–H and O–H groups in total. The summed E-state index contributed by atoms with van der Waals surface area (Å²) in [6.07, 6.45) is 3.06. The maximum atomic E-state index is 11.2. The first-order chi connectivity index (χ1) is 7.13. The number of aromatic nitrogens is 2. The fraction of sp³-hybridized carbons (Fsp3) is 0.500. The molecule has 0 aromatic carbocycles. The Labute approximate surface area is 93.5 Å². The van der Waals surface area contributed by atoms with E-state index in [1.807, 2.05) is 0 Å². The van der Waals surface area contributed by atoms with Crippen LogP contribution in [0.1, 0.15) is 24.3 Å². The summed E-state index contributed by atoms with van der Waals surface area (Å²) >= 11 is 1.59. The van der Waals surface area contributed by atoms with Gasteiger partial charge in [0.05, 0.1) is 19.5 Å². The van der Waals surface area contributed by atoms with Crippen LogP contribution in [-0.4, -0.2) is 28.8 Å². The van der Waals surface area contributed by atoms with Crippen molar-refractivity contribution in [2.75, 3.05) is 12.9 Å². The van der Waals surface area contributed by atoms with Gasteiger partial charge in [0.15, 0.2) is 5.69 Å². The van der Waals surface area contributed by atoms with Gasteiger partial charge in [0.1, 0.15) is 5.03 Å². The van der Waals surface area contributed by atoms with E-state index in [4.69, 9.17) is 0 Å². The van der Waals surface area contributed by atoms with E-state index in [1.165, 1.54) is 13.3 Å². The van der Waals surface area contributed by atoms with Crippen molar-refractivity contribution < 1.29 is 9.53 Å². The second kappa shape index (κ2) is 5.70. The van der Waals surface area contributed by atoms with Crippen LogP contribution in [0.2, 0.25) is 0 Å². The summed E-state index contributed by atoms with van der Waals surface area (Å²) in [5, 5.41) is 0.756. The van der Waals surface area contributed by atoms with Crippen molar-refractivity contribution in [3.63, 3.8) is 0 Å². The number of hydrogen-bond donors (Lipinski definition) is 0. The highest BCUT2D eigenvalue weighted by Gasteiger charge is 2.08. The van der Waals surface area contributed by atoms with Crippen LogP contribution < -0.4 is 0 Å². The second-order valence-corrected chi connectivity index (χ2v) is 4.48. The lowest BCUT2D eigenvalue weighted by Gasteiger charge is -2.04. The molecule has 4 nitrogen and oxygen atoms in total. The molecular weight excluding hydrogens is 212 g/mol. The number of rotatable bonds is 4. The molecular formula is C10H14N2O2S. The molecule has 0 saturated carbocycles. The first kappa shape index (κ1) is 12.0. The summed E-state index contributed by atoms with van der Waals surface area (Å²) in [5.74, 6) is 1.09. The number of carbonyl (C=O) groups is 1. The average Bonchev–Trinajstić information content (AvgIpc) is 2.25. The lowest BCUT2D eigenvalue weighted by molar-refractivity contribution is 0.0592. The molecule has 0 aliphatic carbocycles. The fourth-order valence-electron chi connectivity index (χ4n) is 0.873. The maximum Gasteiger partial charge on any atom is 0.358 e. The van der Waals surface area contributed by atoms with Crippen LogP contribution in [0, 0.1) is 5.92 Å². The zero-order valence-corrected chi connectivity index (χ0v) is 9.87. The molecule has 0 bridgehead atoms. The van der Waals surface area contributed by atoms with Crippen LogP contribution in [0.15, 0.2) is 17.4 Å². The molecule has 5 heteroatoms. The van der Waals surface area contributed by atoms with Crippen molar-refractivity contribution in [3.8, 4) is 0 Å². The van der Waals surface area contributed by atoms with Crippen LogP contribution >= 0.6 is 11.8 Å². The van der Waals surface area contributed by atoms with Gasteiger partial charge in [0.25, 0.3) is 0 Å². The summed E-state index contributed by atoms with van der Waals surface area (Å²) in [6, 6.07) is 0. The molecule has 1 heterocycles. The molecule has 0 saturated heterocycles. The number of nitrogens with zero attached hydrogens (tertiary/aromatic N) is 2. The summed E-state index contributed by atoms with van der Waals surface area (Å²) in [6.45, 7) is 4.26. The largest absolute Gasteiger partial charge is 0.464 e. The average molecular weight is 226 g/mol. The van der Waals surface area contributed by atoms with Gasteiger partial charge >= 0.3 is 5.97 Å². The quantitative estimate of drug-likeness (QED) is 0.580. The molecule has 0 aliphatic heterocycles. The summed E-state index contributed by atoms with van der Waals surface area (Å²) in [5.41, 5.74) is 0.256. The van der Waals surface area contributed by atoms with Gasteiger partial charge in [0, 0.05) is 5.75 Å². The Bertz CT molecular complexity index is 342. The normalized spacial score (nSPS) is 10.4. The van der Waals surface area contributed by atoms with E-state index >= 15 is 0 Å². The Morgan fingerprint density at radius 3 is 2.87 bits per heavy atom. The third kappa shape index (κ3) is 3.87. The Morgan fingerprint density at radius 1 is 1.53 bits per heavy atom. The number of thioether (sulfide) groups is 1. The molecule has 0 atom stereocenters. The topological polar surface area (TPSA) is 52.1 Å². The smallest absolute Gasteiger partial charge is 0.358 e. The Kier molecular flexibility index (Phi) is 4.55. The molecule has 0 spiro atoms. The zero-order valence-electron chi connectivity index (χ0n) is 9.06. The van der Waals surface area contributed by atoms with E-state index in [0.29, 0.717) is 5.92 Å². The standard InChI is InChI=1S/C10H14N2O2S/c1-7(2)6-15-9-5-11-4-8(12-9)10(13)14-3/h4-5,7H,6H2,1-3H3. The van der Waals surface area contributed by atoms with Gasteiger partial charge in [-0.25, -0.2) is 9.78 Å². The van der Waals surface area contributed by atoms with E-state index in [-0.39, 0.29) is 5.69 Å². The van der Waals surface area contributed by atoms with Gasteiger partial charge in [-0.1, -0.05) is 13.8 Å². The molecule has 0 radical (unpaired) electrons. The Morgan fingerprint density at radius 2 is 2.27 bits per heavy atom. The van der Waals surface area contributed by atoms with Gasteiger partial charge in [-0.2, -0.15) is 0 Å². The number of carbonyl (C=O) groups excluding carboxylic acids is 1. The number of methoxy groups -OCH3 is 1. The van der Waals surface area contributed by atoms with Crippen molar-refractivity contribution >= 4 is 17.7 Å². The molecule has 82 valence electrons. The van der Waals surface area contributed by atoms with Crippen molar-refractivity contribution in [2.45, 2.75) is 18.9 Å². The summed E-state index contributed by atoms with van der Waals surface area (Å²) in [7, 11) is 1.33. The molecule has 1 aromatic heterocycles. The van der Waals surface area contributed by atoms with Gasteiger partial charge in [0.2, 0.25) is 0 Å². The minimum absolute atomic E-state index is 0.256. The third-order valence-electron chi connectivity index (χ3n) is 1.57. The van der Waals surface area contributed by atoms with Crippen LogP contribution in [0.25, 0.3) is 0 Å². The number of hydrogen-bond acceptors (Lipinski definition) is 5. The zero-order chi connectivity index (χ0) is 11.3. The Balaban J connectivity index is 2.70. The number of ether oxygens (including phenoxy) is 1. The summed E-state index contributed by atoms with van der Waals surface area (Å²) in [4.78, 5) is 19.3. The van der Waals surface area contributed by atoms with Crippen LogP contribution in [-0.2, 0) is 4.74 Å². The first-order valence-electron chi connectivity index (χ1n) is 4.66. The van der Waals surface area contributed by atoms with Crippen molar-refractivity contribution in [1.29, 1.82) is 0 Å². The molecule has 1 rings (SSSR count). The molecule has 1 aromatic rings. The fourth-order valence-corrected chi connectivity index (χ4v) is 1.67. The predicted molar refractivity (Wildman–Crippen MR) is 58.9 cm³/mol. The highest BCUT2D eigenvalue weighted by Crippen LogP contribution is 2.17. The highest BCUT2D eigenvalue weighted by molar-refractivity contribution is 7.99. The summed E-state index contributed by atoms with van der Waals surface area (Å²) < 4.78 is 4.57. The molecule has 0 aliphatic rings. The molecule has 0 fully saturated rings. The van der Waals surface area contributed by atoms with Crippen LogP contribution in [0.3, 0.4) is 0 Å². The minimum Gasteiger partial charge on any atom is -0.464 e. The lowest BCUT2D eigenvalue weighted by Crippen LogP contribution is -2.05. The van der Waals surface area contributed by atoms with Crippen molar-refractivity contribution in [1.82, 2.24) is 9.97 Å². The highest BCUT2D eigenvalue weighted by atomic mass is 32.2. The lowest BCUT2D eigenvalue weighted by atomic mass is 10.3. The number of esters is 1. The van der Waals surface area contributed by atoms with Crippen LogP contribution in [0.5, 0.6) is 0 Å². The second-order valence-electron chi connectivity index (χ2n) is 3.44. The third-order valence-corrected chi connectivity index (χ3v) is 2.90. The van der Waals surface area contributed by atoms with E-state index < -0.39 is 5.97 Å². The SMILES string of the molecule is COC(=O)c1cncc(SCC(C)C)n1. The van der Waals surface area contributed by atoms with E-state index in [0.717, 1.165) is 10.8 Å². The van der Waals surface area contributed by atoms with E-state index in [9.17, 15) is 4.79 Å². The Hall–Kier alpha value is -1.10. The monoisotopic (exact) mass is 226 g/mol. The minimum atomic E-state index is -0.450. The molecule has 0 amide bonds. The van der Waals surface area contributed by atoms with E-state index in [1.54, 1.807) is 18.0 Å². The van der Waals surface area contributed by atoms with Gasteiger partial charge < -0.3 is 4.74 Å². The molecule has 0 unspecified atom stereocenters. The molecule has 15 heavy (non-hydrogen) atoms. The van der Waals surface area contributed by atoms with Gasteiger partial charge in [-0.15, -0.1) is 11.8 Å². The van der Waals surface area contributed by atoms with Gasteiger partial charge in [-0.3, -0.25) is 4.98 Å². The predicted octanol–water partition coefficient (Wildman–Crippen LogP) is 2.01. The van der Waals surface area contributed by atoms with Crippen molar-refractivity contribution in [3.05, 3.63) is 18.1 Å².